The van der Waals surface area contributed by atoms with Crippen molar-refractivity contribution in [3.63, 3.8) is 0 Å². The van der Waals surface area contributed by atoms with Gasteiger partial charge in [-0.05, 0) is 55.2 Å². The van der Waals surface area contributed by atoms with Crippen molar-refractivity contribution < 1.29 is 15.0 Å². The summed E-state index contributed by atoms with van der Waals surface area (Å²) in [5.41, 5.74) is 1.95. The fraction of sp³-hybridized carbons (Fsp3) is 0.235. The number of phenols is 2. The van der Waals surface area contributed by atoms with Crippen molar-refractivity contribution >= 4 is 27.5 Å². The summed E-state index contributed by atoms with van der Waals surface area (Å²) in [4.78, 5) is 12.6. The Labute approximate surface area is 136 Å². The number of rotatable bonds is 3. The predicted octanol–water partition coefficient (Wildman–Crippen LogP) is 3.84. The van der Waals surface area contributed by atoms with Crippen molar-refractivity contribution in [2.75, 3.05) is 5.32 Å². The Morgan fingerprint density at radius 2 is 1.86 bits per heavy atom. The van der Waals surface area contributed by atoms with Crippen LogP contribution in [0.5, 0.6) is 11.5 Å². The molecule has 114 valence electrons. The summed E-state index contributed by atoms with van der Waals surface area (Å²) < 4.78 is 0.942. The number of aryl methyl sites for hydroxylation is 1. The molecule has 1 saturated carbocycles. The third kappa shape index (κ3) is 2.57. The molecule has 4 nitrogen and oxygen atoms in total. The summed E-state index contributed by atoms with van der Waals surface area (Å²) in [6.45, 7) is 1.98. The van der Waals surface area contributed by atoms with Crippen LogP contribution in [0.25, 0.3) is 0 Å². The van der Waals surface area contributed by atoms with E-state index in [4.69, 9.17) is 0 Å². The van der Waals surface area contributed by atoms with Gasteiger partial charge in [-0.25, -0.2) is 0 Å². The van der Waals surface area contributed by atoms with E-state index < -0.39 is 5.41 Å². The molecule has 0 aromatic heterocycles. The van der Waals surface area contributed by atoms with E-state index in [1.807, 2.05) is 25.1 Å². The Hall–Kier alpha value is -2.01. The first-order chi connectivity index (χ1) is 10.4. The van der Waals surface area contributed by atoms with Crippen LogP contribution in [0.15, 0.2) is 40.9 Å². The molecule has 22 heavy (non-hydrogen) atoms. The number of benzene rings is 2. The van der Waals surface area contributed by atoms with E-state index >= 15 is 0 Å². The second kappa shape index (κ2) is 5.32. The molecule has 0 unspecified atom stereocenters. The number of hydrogen-bond acceptors (Lipinski definition) is 3. The van der Waals surface area contributed by atoms with Crippen molar-refractivity contribution in [2.24, 2.45) is 0 Å². The topological polar surface area (TPSA) is 69.6 Å². The van der Waals surface area contributed by atoms with Gasteiger partial charge in [-0.3, -0.25) is 4.79 Å². The maximum atomic E-state index is 12.6. The van der Waals surface area contributed by atoms with Gasteiger partial charge in [-0.15, -0.1) is 0 Å². The zero-order valence-electron chi connectivity index (χ0n) is 12.1. The van der Waals surface area contributed by atoms with E-state index in [-0.39, 0.29) is 17.4 Å². The highest BCUT2D eigenvalue weighted by Crippen LogP contribution is 2.50. The van der Waals surface area contributed by atoms with Gasteiger partial charge in [0.05, 0.1) is 5.41 Å². The Bertz CT molecular complexity index is 754. The predicted molar refractivity (Wildman–Crippen MR) is 88.2 cm³/mol. The first-order valence-corrected chi connectivity index (χ1v) is 7.82. The van der Waals surface area contributed by atoms with Gasteiger partial charge in [0.25, 0.3) is 0 Å². The summed E-state index contributed by atoms with van der Waals surface area (Å²) in [7, 11) is 0. The van der Waals surface area contributed by atoms with E-state index in [9.17, 15) is 15.0 Å². The minimum atomic E-state index is -0.609. The molecule has 0 saturated heterocycles. The first-order valence-electron chi connectivity index (χ1n) is 7.02. The Balaban J connectivity index is 1.84. The highest BCUT2D eigenvalue weighted by Gasteiger charge is 2.51. The van der Waals surface area contributed by atoms with Crippen molar-refractivity contribution in [3.05, 3.63) is 52.0 Å². The average Bonchev–Trinajstić information content (AvgIpc) is 3.27. The molecule has 1 aliphatic rings. The van der Waals surface area contributed by atoms with Crippen molar-refractivity contribution in [3.8, 4) is 11.5 Å². The third-order valence-electron chi connectivity index (χ3n) is 4.14. The quantitative estimate of drug-likeness (QED) is 0.727. The molecule has 3 rings (SSSR count). The van der Waals surface area contributed by atoms with Gasteiger partial charge in [0.15, 0.2) is 11.5 Å². The van der Waals surface area contributed by atoms with Crippen molar-refractivity contribution in [1.29, 1.82) is 0 Å². The van der Waals surface area contributed by atoms with Gasteiger partial charge in [0, 0.05) is 10.2 Å². The Morgan fingerprint density at radius 3 is 2.45 bits per heavy atom. The summed E-state index contributed by atoms with van der Waals surface area (Å²) in [6, 6.07) is 10.2. The summed E-state index contributed by atoms with van der Waals surface area (Å²) in [5, 5.41) is 22.0. The molecule has 0 bridgehead atoms. The van der Waals surface area contributed by atoms with Crippen LogP contribution in [0.3, 0.4) is 0 Å². The van der Waals surface area contributed by atoms with Gasteiger partial charge >= 0.3 is 0 Å². The van der Waals surface area contributed by atoms with Crippen LogP contribution in [0, 0.1) is 6.92 Å². The van der Waals surface area contributed by atoms with Gasteiger partial charge in [-0.2, -0.15) is 0 Å². The molecule has 2 aromatic rings. The normalized spacial score (nSPS) is 15.4. The molecule has 1 aliphatic carbocycles. The number of carbonyl (C=O) groups excluding carboxylic acids is 1. The zero-order chi connectivity index (χ0) is 15.9. The zero-order valence-corrected chi connectivity index (χ0v) is 13.6. The number of carbonyl (C=O) groups is 1. The summed E-state index contributed by atoms with van der Waals surface area (Å²) in [6.07, 6.45) is 1.46. The molecule has 3 N–H and O–H groups in total. The molecule has 0 radical (unpaired) electrons. The highest BCUT2D eigenvalue weighted by atomic mass is 79.9. The van der Waals surface area contributed by atoms with Gasteiger partial charge in [0.1, 0.15) is 0 Å². The lowest BCUT2D eigenvalue weighted by Crippen LogP contribution is -2.27. The summed E-state index contributed by atoms with van der Waals surface area (Å²) >= 11 is 3.45. The number of aromatic hydroxyl groups is 2. The number of hydrogen-bond donors (Lipinski definition) is 3. The SMILES string of the molecule is Cc1ccc(NC(=O)C2(c3ccc(O)c(O)c3)CC2)cc1Br. The van der Waals surface area contributed by atoms with Crippen molar-refractivity contribution in [1.82, 2.24) is 0 Å². The maximum absolute atomic E-state index is 12.6. The lowest BCUT2D eigenvalue weighted by atomic mass is 9.94. The summed E-state index contributed by atoms with van der Waals surface area (Å²) in [5.74, 6) is -0.467. The number of nitrogens with one attached hydrogen (secondary N) is 1. The second-order valence-corrected chi connectivity index (χ2v) is 6.56. The van der Waals surface area contributed by atoms with E-state index in [2.05, 4.69) is 21.2 Å². The standard InChI is InChI=1S/C17H16BrNO3/c1-10-2-4-12(9-13(10)18)19-16(22)17(6-7-17)11-3-5-14(20)15(21)8-11/h2-5,8-9,20-21H,6-7H2,1H3,(H,19,22). The van der Waals surface area contributed by atoms with Crippen LogP contribution in [-0.2, 0) is 10.2 Å². The molecule has 0 aliphatic heterocycles. The highest BCUT2D eigenvalue weighted by molar-refractivity contribution is 9.10. The fourth-order valence-electron chi connectivity index (χ4n) is 2.51. The Kier molecular flexibility index (Phi) is 3.60. The average molecular weight is 362 g/mol. The van der Waals surface area contributed by atoms with Crippen LogP contribution in [0.2, 0.25) is 0 Å². The monoisotopic (exact) mass is 361 g/mol. The molecule has 0 atom stereocenters. The number of amides is 1. The van der Waals surface area contributed by atoms with E-state index in [0.717, 1.165) is 34.1 Å². The Morgan fingerprint density at radius 1 is 1.14 bits per heavy atom. The molecule has 1 amide bonds. The van der Waals surface area contributed by atoms with E-state index in [0.29, 0.717) is 0 Å². The smallest absolute Gasteiger partial charge is 0.235 e. The second-order valence-electron chi connectivity index (χ2n) is 5.70. The molecular formula is C17H16BrNO3. The number of halogens is 1. The molecule has 1 fully saturated rings. The van der Waals surface area contributed by atoms with Gasteiger partial charge in [-0.1, -0.05) is 28.1 Å². The molecule has 2 aromatic carbocycles. The lowest BCUT2D eigenvalue weighted by Gasteiger charge is -2.17. The molecule has 0 heterocycles. The van der Waals surface area contributed by atoms with Crippen LogP contribution in [0.1, 0.15) is 24.0 Å². The third-order valence-corrected chi connectivity index (χ3v) is 5.00. The molecular weight excluding hydrogens is 346 g/mol. The van der Waals surface area contributed by atoms with Crippen molar-refractivity contribution in [2.45, 2.75) is 25.2 Å². The minimum Gasteiger partial charge on any atom is -0.504 e. The molecule has 0 spiro atoms. The lowest BCUT2D eigenvalue weighted by molar-refractivity contribution is -0.118. The largest absolute Gasteiger partial charge is 0.504 e. The van der Waals surface area contributed by atoms with E-state index in [1.54, 1.807) is 6.07 Å². The van der Waals surface area contributed by atoms with Gasteiger partial charge in [0.2, 0.25) is 5.91 Å². The minimum absolute atomic E-state index is 0.0895. The van der Waals surface area contributed by atoms with Crippen LogP contribution < -0.4 is 5.32 Å². The van der Waals surface area contributed by atoms with Crippen LogP contribution in [0.4, 0.5) is 5.69 Å². The van der Waals surface area contributed by atoms with Crippen LogP contribution >= 0.6 is 15.9 Å². The number of phenolic OH excluding ortho intramolecular Hbond substituents is 2. The fourth-order valence-corrected chi connectivity index (χ4v) is 2.89. The number of anilines is 1. The van der Waals surface area contributed by atoms with Gasteiger partial charge < -0.3 is 15.5 Å². The molecule has 5 heteroatoms. The first kappa shape index (κ1) is 14.9. The van der Waals surface area contributed by atoms with E-state index in [1.165, 1.54) is 12.1 Å². The van der Waals surface area contributed by atoms with Crippen LogP contribution in [-0.4, -0.2) is 16.1 Å². The maximum Gasteiger partial charge on any atom is 0.235 e.